The Kier molecular flexibility index (Phi) is 7.45. The van der Waals surface area contributed by atoms with Crippen LogP contribution >= 0.6 is 11.3 Å². The number of rotatable bonds is 9. The first kappa shape index (κ1) is 22.2. The van der Waals surface area contributed by atoms with Gasteiger partial charge in [-0.3, -0.25) is 9.69 Å². The Labute approximate surface area is 183 Å². The number of carbonyl (C=O) groups is 1. The molecule has 1 heterocycles. The quantitative estimate of drug-likeness (QED) is 0.492. The number of hydrogen-bond acceptors (Lipinski definition) is 5. The molecule has 0 aliphatic carbocycles. The molecular formula is C24H31N3O2S. The first-order chi connectivity index (χ1) is 14.4. The summed E-state index contributed by atoms with van der Waals surface area (Å²) in [4.78, 5) is 22.1. The number of hydrogen-bond donors (Lipinski definition) is 0. The van der Waals surface area contributed by atoms with Crippen LogP contribution in [0.1, 0.15) is 30.0 Å². The van der Waals surface area contributed by atoms with Gasteiger partial charge in [-0.05, 0) is 77.2 Å². The second-order valence-corrected chi connectivity index (χ2v) is 8.88. The molecule has 2 aromatic carbocycles. The minimum Gasteiger partial charge on any atom is -0.494 e. The number of aryl methyl sites for hydroxylation is 2. The van der Waals surface area contributed by atoms with E-state index in [1.807, 2.05) is 30.0 Å². The van der Waals surface area contributed by atoms with Crippen LogP contribution in [0.2, 0.25) is 0 Å². The van der Waals surface area contributed by atoms with Crippen LogP contribution in [0.25, 0.3) is 10.2 Å². The maximum absolute atomic E-state index is 13.4. The SMILES string of the molecule is CCOc1ccc2nc(N(CCCN(C)C)C(=O)Cc3cc(C)ccc3C)sc2c1. The molecule has 0 unspecified atom stereocenters. The Bertz CT molecular complexity index is 1010. The lowest BCUT2D eigenvalue weighted by molar-refractivity contribution is -0.118. The maximum atomic E-state index is 13.4. The van der Waals surface area contributed by atoms with E-state index >= 15 is 0 Å². The molecule has 0 spiro atoms. The molecule has 1 amide bonds. The predicted molar refractivity (Wildman–Crippen MR) is 126 cm³/mol. The molecule has 160 valence electrons. The van der Waals surface area contributed by atoms with Crippen molar-refractivity contribution in [1.29, 1.82) is 0 Å². The Morgan fingerprint density at radius 1 is 1.10 bits per heavy atom. The molecule has 0 fully saturated rings. The van der Waals surface area contributed by atoms with Gasteiger partial charge in [-0.25, -0.2) is 4.98 Å². The van der Waals surface area contributed by atoms with Crippen molar-refractivity contribution in [2.75, 3.05) is 38.7 Å². The summed E-state index contributed by atoms with van der Waals surface area (Å²) in [6.07, 6.45) is 1.28. The number of thiazole rings is 1. The molecule has 0 atom stereocenters. The fraction of sp³-hybridized carbons (Fsp3) is 0.417. The zero-order valence-corrected chi connectivity index (χ0v) is 19.4. The average Bonchev–Trinajstić information content (AvgIpc) is 3.11. The maximum Gasteiger partial charge on any atom is 0.233 e. The molecular weight excluding hydrogens is 394 g/mol. The van der Waals surface area contributed by atoms with E-state index in [1.165, 1.54) is 5.56 Å². The molecule has 30 heavy (non-hydrogen) atoms. The molecule has 0 saturated carbocycles. The van der Waals surface area contributed by atoms with Gasteiger partial charge in [-0.15, -0.1) is 0 Å². The zero-order chi connectivity index (χ0) is 21.7. The topological polar surface area (TPSA) is 45.7 Å². The first-order valence-corrected chi connectivity index (χ1v) is 11.2. The van der Waals surface area contributed by atoms with Crippen molar-refractivity contribution in [3.8, 4) is 5.75 Å². The van der Waals surface area contributed by atoms with Crippen LogP contribution in [0.3, 0.4) is 0 Å². The van der Waals surface area contributed by atoms with Gasteiger partial charge in [-0.2, -0.15) is 0 Å². The van der Waals surface area contributed by atoms with Crippen LogP contribution in [-0.4, -0.2) is 49.6 Å². The molecule has 6 heteroatoms. The second kappa shape index (κ2) is 10.0. The van der Waals surface area contributed by atoms with Gasteiger partial charge in [-0.1, -0.05) is 35.1 Å². The van der Waals surface area contributed by atoms with Gasteiger partial charge in [0.1, 0.15) is 5.75 Å². The molecule has 0 aliphatic rings. The largest absolute Gasteiger partial charge is 0.494 e. The van der Waals surface area contributed by atoms with Crippen molar-refractivity contribution >= 4 is 32.6 Å². The fourth-order valence-electron chi connectivity index (χ4n) is 3.39. The lowest BCUT2D eigenvalue weighted by Crippen LogP contribution is -2.34. The highest BCUT2D eigenvalue weighted by atomic mass is 32.1. The Balaban J connectivity index is 1.88. The van der Waals surface area contributed by atoms with Crippen LogP contribution in [0.15, 0.2) is 36.4 Å². The molecule has 0 aliphatic heterocycles. The molecule has 1 aromatic heterocycles. The number of ether oxygens (including phenoxy) is 1. The van der Waals surface area contributed by atoms with E-state index in [0.717, 1.165) is 45.2 Å². The summed E-state index contributed by atoms with van der Waals surface area (Å²) in [5.74, 6) is 0.924. The van der Waals surface area contributed by atoms with Gasteiger partial charge in [0.25, 0.3) is 0 Å². The van der Waals surface area contributed by atoms with Gasteiger partial charge in [0.2, 0.25) is 5.91 Å². The Morgan fingerprint density at radius 3 is 2.63 bits per heavy atom. The van der Waals surface area contributed by atoms with Crippen molar-refractivity contribution in [3.05, 3.63) is 53.1 Å². The van der Waals surface area contributed by atoms with E-state index < -0.39 is 0 Å². The van der Waals surface area contributed by atoms with E-state index in [1.54, 1.807) is 11.3 Å². The third-order valence-electron chi connectivity index (χ3n) is 5.02. The van der Waals surface area contributed by atoms with Crippen molar-refractivity contribution in [2.45, 2.75) is 33.6 Å². The summed E-state index contributed by atoms with van der Waals surface area (Å²) in [6, 6.07) is 12.2. The van der Waals surface area contributed by atoms with Crippen LogP contribution in [-0.2, 0) is 11.2 Å². The fourth-order valence-corrected chi connectivity index (χ4v) is 4.42. The average molecular weight is 426 g/mol. The van der Waals surface area contributed by atoms with E-state index in [0.29, 0.717) is 19.6 Å². The van der Waals surface area contributed by atoms with Crippen LogP contribution in [0, 0.1) is 13.8 Å². The summed E-state index contributed by atoms with van der Waals surface area (Å²) >= 11 is 1.55. The lowest BCUT2D eigenvalue weighted by atomic mass is 10.0. The number of fused-ring (bicyclic) bond motifs is 1. The summed E-state index contributed by atoms with van der Waals surface area (Å²) < 4.78 is 6.65. The molecule has 5 nitrogen and oxygen atoms in total. The number of nitrogens with zero attached hydrogens (tertiary/aromatic N) is 3. The van der Waals surface area contributed by atoms with Crippen molar-refractivity contribution in [2.24, 2.45) is 0 Å². The summed E-state index contributed by atoms with van der Waals surface area (Å²) in [6.45, 7) is 8.30. The smallest absolute Gasteiger partial charge is 0.233 e. The van der Waals surface area contributed by atoms with Crippen molar-refractivity contribution < 1.29 is 9.53 Å². The number of benzene rings is 2. The highest BCUT2D eigenvalue weighted by Crippen LogP contribution is 2.32. The van der Waals surface area contributed by atoms with Gasteiger partial charge in [0, 0.05) is 6.54 Å². The third kappa shape index (κ3) is 5.58. The van der Waals surface area contributed by atoms with Gasteiger partial charge < -0.3 is 9.64 Å². The minimum absolute atomic E-state index is 0.0894. The normalized spacial score (nSPS) is 11.3. The summed E-state index contributed by atoms with van der Waals surface area (Å²) in [5.41, 5.74) is 4.30. The molecule has 3 rings (SSSR count). The van der Waals surface area contributed by atoms with E-state index in [-0.39, 0.29) is 5.91 Å². The monoisotopic (exact) mass is 425 g/mol. The van der Waals surface area contributed by atoms with E-state index in [9.17, 15) is 4.79 Å². The van der Waals surface area contributed by atoms with Crippen molar-refractivity contribution in [3.63, 3.8) is 0 Å². The van der Waals surface area contributed by atoms with E-state index in [2.05, 4.69) is 51.0 Å². The number of amides is 1. The standard InChI is InChI=1S/C24H31N3O2S/c1-6-29-20-10-11-21-22(16-20)30-24(25-21)27(13-7-12-26(4)5)23(28)15-19-14-17(2)8-9-18(19)3/h8-11,14,16H,6-7,12-13,15H2,1-5H3. The Hall–Kier alpha value is -2.44. The number of carbonyl (C=O) groups excluding carboxylic acids is 1. The van der Waals surface area contributed by atoms with Crippen LogP contribution in [0.4, 0.5) is 5.13 Å². The van der Waals surface area contributed by atoms with Gasteiger partial charge in [0.05, 0.1) is 23.2 Å². The predicted octanol–water partition coefficient (Wildman–Crippen LogP) is 4.84. The first-order valence-electron chi connectivity index (χ1n) is 10.4. The number of aromatic nitrogens is 1. The zero-order valence-electron chi connectivity index (χ0n) is 18.6. The molecule has 0 N–H and O–H groups in total. The number of anilines is 1. The third-order valence-corrected chi connectivity index (χ3v) is 6.07. The summed E-state index contributed by atoms with van der Waals surface area (Å²) in [5, 5.41) is 0.757. The van der Waals surface area contributed by atoms with Crippen LogP contribution in [0.5, 0.6) is 5.75 Å². The Morgan fingerprint density at radius 2 is 1.90 bits per heavy atom. The highest BCUT2D eigenvalue weighted by Gasteiger charge is 2.21. The highest BCUT2D eigenvalue weighted by molar-refractivity contribution is 7.22. The minimum atomic E-state index is 0.0894. The molecule has 0 bridgehead atoms. The lowest BCUT2D eigenvalue weighted by Gasteiger charge is -2.21. The van der Waals surface area contributed by atoms with Crippen molar-refractivity contribution in [1.82, 2.24) is 9.88 Å². The van der Waals surface area contributed by atoms with Crippen LogP contribution < -0.4 is 9.64 Å². The second-order valence-electron chi connectivity index (χ2n) is 7.87. The van der Waals surface area contributed by atoms with Gasteiger partial charge >= 0.3 is 0 Å². The van der Waals surface area contributed by atoms with E-state index in [4.69, 9.17) is 9.72 Å². The molecule has 0 radical (unpaired) electrons. The van der Waals surface area contributed by atoms with Gasteiger partial charge in [0.15, 0.2) is 5.13 Å². The summed E-state index contributed by atoms with van der Waals surface area (Å²) in [7, 11) is 4.10. The molecule has 3 aromatic rings. The molecule has 0 saturated heterocycles.